The summed E-state index contributed by atoms with van der Waals surface area (Å²) >= 11 is 0. The number of amides is 3. The zero-order valence-electron chi connectivity index (χ0n) is 19.1. The molecule has 1 aromatic rings. The van der Waals surface area contributed by atoms with Crippen LogP contribution in [-0.4, -0.2) is 76.8 Å². The number of carbonyl (C=O) groups is 3. The van der Waals surface area contributed by atoms with Gasteiger partial charge in [0.25, 0.3) is 0 Å². The monoisotopic (exact) mass is 441 g/mol. The lowest BCUT2D eigenvalue weighted by Gasteiger charge is -2.34. The minimum Gasteiger partial charge on any atom is -0.370 e. The van der Waals surface area contributed by atoms with E-state index >= 15 is 0 Å². The Balaban J connectivity index is 1.51. The summed E-state index contributed by atoms with van der Waals surface area (Å²) < 4.78 is 6.27. The van der Waals surface area contributed by atoms with Gasteiger partial charge in [-0.2, -0.15) is 0 Å². The van der Waals surface area contributed by atoms with Crippen molar-refractivity contribution in [2.45, 2.75) is 76.7 Å². The zero-order valence-corrected chi connectivity index (χ0v) is 19.1. The molecule has 0 N–H and O–H groups in total. The molecule has 1 aliphatic carbocycles. The molecule has 1 aromatic carbocycles. The number of nitrogens with zero attached hydrogens (tertiary/aromatic N) is 3. The number of ether oxygens (including phenoxy) is 1. The van der Waals surface area contributed by atoms with E-state index in [1.165, 1.54) is 13.3 Å². The third kappa shape index (κ3) is 5.31. The van der Waals surface area contributed by atoms with E-state index in [1.54, 1.807) is 9.80 Å². The predicted molar refractivity (Wildman–Crippen MR) is 121 cm³/mol. The number of carbonyl (C=O) groups excluding carboxylic acids is 3. The maximum atomic E-state index is 13.4. The summed E-state index contributed by atoms with van der Waals surface area (Å²) in [5.41, 5.74) is 1.07. The number of benzene rings is 1. The highest BCUT2D eigenvalue weighted by Crippen LogP contribution is 2.26. The van der Waals surface area contributed by atoms with Gasteiger partial charge in [-0.25, -0.2) is 0 Å². The second kappa shape index (κ2) is 10.5. The van der Waals surface area contributed by atoms with Crippen LogP contribution in [-0.2, 0) is 25.7 Å². The summed E-state index contributed by atoms with van der Waals surface area (Å²) in [5, 5.41) is 0. The van der Waals surface area contributed by atoms with Crippen LogP contribution in [0, 0.1) is 0 Å². The highest BCUT2D eigenvalue weighted by atomic mass is 16.5. The second-order valence-electron chi connectivity index (χ2n) is 9.35. The molecule has 1 saturated carbocycles. The Hall–Kier alpha value is -2.41. The molecule has 2 atom stereocenters. The van der Waals surface area contributed by atoms with E-state index in [-0.39, 0.29) is 36.4 Å². The van der Waals surface area contributed by atoms with Crippen LogP contribution in [0.25, 0.3) is 0 Å². The highest BCUT2D eigenvalue weighted by Gasteiger charge is 2.40. The number of rotatable bonds is 5. The summed E-state index contributed by atoms with van der Waals surface area (Å²) in [6.45, 7) is 3.53. The first-order valence-corrected chi connectivity index (χ1v) is 12.0. The lowest BCUT2D eigenvalue weighted by Crippen LogP contribution is -2.50. The summed E-state index contributed by atoms with van der Waals surface area (Å²) in [7, 11) is 0. The van der Waals surface area contributed by atoms with E-state index in [9.17, 15) is 14.4 Å². The van der Waals surface area contributed by atoms with Gasteiger partial charge in [0.05, 0.1) is 19.3 Å². The highest BCUT2D eigenvalue weighted by molar-refractivity contribution is 5.91. The quantitative estimate of drug-likeness (QED) is 0.704. The fraction of sp³-hybridized carbons (Fsp3) is 0.640. The smallest absolute Gasteiger partial charge is 0.245 e. The topological polar surface area (TPSA) is 70.2 Å². The maximum absolute atomic E-state index is 13.4. The van der Waals surface area contributed by atoms with Gasteiger partial charge in [0.1, 0.15) is 6.04 Å². The van der Waals surface area contributed by atoms with E-state index in [2.05, 4.69) is 0 Å². The van der Waals surface area contributed by atoms with Crippen LogP contribution in [0.2, 0.25) is 0 Å². The molecule has 0 aromatic heterocycles. The number of hydrogen-bond donors (Lipinski definition) is 0. The number of likely N-dealkylation sites (tertiary alicyclic amines) is 1. The molecule has 2 saturated heterocycles. The van der Waals surface area contributed by atoms with Crippen molar-refractivity contribution >= 4 is 17.7 Å². The minimum absolute atomic E-state index is 0.00318. The third-order valence-corrected chi connectivity index (χ3v) is 7.07. The Morgan fingerprint density at radius 1 is 1.00 bits per heavy atom. The summed E-state index contributed by atoms with van der Waals surface area (Å²) in [4.78, 5) is 44.0. The first-order valence-electron chi connectivity index (χ1n) is 12.0. The predicted octanol–water partition coefficient (Wildman–Crippen LogP) is 2.59. The molecule has 0 unspecified atom stereocenters. The summed E-state index contributed by atoms with van der Waals surface area (Å²) in [5.74, 6) is -0.198. The van der Waals surface area contributed by atoms with Crippen LogP contribution in [0.5, 0.6) is 0 Å². The molecule has 2 aliphatic heterocycles. The molecule has 3 amide bonds. The molecule has 0 radical (unpaired) electrons. The molecule has 7 heteroatoms. The average Bonchev–Trinajstić information content (AvgIpc) is 3.24. The van der Waals surface area contributed by atoms with Gasteiger partial charge in [0.15, 0.2) is 0 Å². The number of hydrogen-bond acceptors (Lipinski definition) is 4. The molecule has 7 nitrogen and oxygen atoms in total. The Bertz CT molecular complexity index is 809. The van der Waals surface area contributed by atoms with Gasteiger partial charge in [0.2, 0.25) is 17.7 Å². The fourth-order valence-electron chi connectivity index (χ4n) is 5.36. The Kier molecular flexibility index (Phi) is 7.45. The van der Waals surface area contributed by atoms with Crippen LogP contribution in [0.1, 0.15) is 57.4 Å². The van der Waals surface area contributed by atoms with Gasteiger partial charge in [-0.05, 0) is 31.2 Å². The van der Waals surface area contributed by atoms with Crippen molar-refractivity contribution < 1.29 is 19.1 Å². The third-order valence-electron chi connectivity index (χ3n) is 7.07. The fourth-order valence-corrected chi connectivity index (χ4v) is 5.36. The largest absolute Gasteiger partial charge is 0.370 e. The lowest BCUT2D eigenvalue weighted by atomic mass is 9.94. The standard InChI is InChI=1S/C25H35N3O4/c1-19(29)27-14-8-13-23(27)25(31)26-15-22(32-18-20-9-4-2-5-10-20)16-28(24(30)17-26)21-11-6-3-7-12-21/h2,4-5,9-10,21-23H,3,6-8,11-18H2,1H3/t22-,23+/m1/s1. The SMILES string of the molecule is CC(=O)N1CCC[C@H]1C(=O)N1CC(=O)N(C2CCCCC2)C[C@H](OCc2ccccc2)C1. The normalized spacial score (nSPS) is 25.2. The Labute approximate surface area is 190 Å². The molecular formula is C25H35N3O4. The second-order valence-corrected chi connectivity index (χ2v) is 9.35. The van der Waals surface area contributed by atoms with E-state index in [4.69, 9.17) is 4.74 Å². The zero-order chi connectivity index (χ0) is 22.5. The van der Waals surface area contributed by atoms with Crippen molar-refractivity contribution in [2.24, 2.45) is 0 Å². The minimum atomic E-state index is -0.462. The van der Waals surface area contributed by atoms with Gasteiger partial charge < -0.3 is 19.4 Å². The van der Waals surface area contributed by atoms with Crippen molar-refractivity contribution in [1.29, 1.82) is 0 Å². The molecule has 32 heavy (non-hydrogen) atoms. The van der Waals surface area contributed by atoms with E-state index in [1.807, 2.05) is 35.2 Å². The van der Waals surface area contributed by atoms with Crippen LogP contribution >= 0.6 is 0 Å². The molecule has 174 valence electrons. The molecule has 2 heterocycles. The van der Waals surface area contributed by atoms with Gasteiger partial charge in [-0.3, -0.25) is 14.4 Å². The van der Waals surface area contributed by atoms with E-state index in [0.29, 0.717) is 32.7 Å². The van der Waals surface area contributed by atoms with Crippen molar-refractivity contribution in [2.75, 3.05) is 26.2 Å². The van der Waals surface area contributed by atoms with Crippen LogP contribution in [0.3, 0.4) is 0 Å². The Morgan fingerprint density at radius 3 is 2.47 bits per heavy atom. The van der Waals surface area contributed by atoms with Crippen LogP contribution < -0.4 is 0 Å². The summed E-state index contributed by atoms with van der Waals surface area (Å²) in [6.07, 6.45) is 6.77. The van der Waals surface area contributed by atoms with E-state index < -0.39 is 6.04 Å². The maximum Gasteiger partial charge on any atom is 0.245 e. The molecule has 4 rings (SSSR count). The Morgan fingerprint density at radius 2 is 1.75 bits per heavy atom. The van der Waals surface area contributed by atoms with Crippen LogP contribution in [0.15, 0.2) is 30.3 Å². The van der Waals surface area contributed by atoms with Crippen molar-refractivity contribution in [3.63, 3.8) is 0 Å². The van der Waals surface area contributed by atoms with Crippen molar-refractivity contribution in [1.82, 2.24) is 14.7 Å². The van der Waals surface area contributed by atoms with Gasteiger partial charge in [0, 0.05) is 32.6 Å². The molecule has 3 aliphatic rings. The first-order chi connectivity index (χ1) is 15.5. The van der Waals surface area contributed by atoms with Crippen LogP contribution in [0.4, 0.5) is 0 Å². The average molecular weight is 442 g/mol. The molecular weight excluding hydrogens is 406 g/mol. The van der Waals surface area contributed by atoms with Gasteiger partial charge >= 0.3 is 0 Å². The summed E-state index contributed by atoms with van der Waals surface area (Å²) in [6, 6.07) is 9.75. The molecule has 0 bridgehead atoms. The molecule has 0 spiro atoms. The first kappa shape index (κ1) is 22.8. The molecule has 3 fully saturated rings. The van der Waals surface area contributed by atoms with Gasteiger partial charge in [-0.15, -0.1) is 0 Å². The van der Waals surface area contributed by atoms with E-state index in [0.717, 1.165) is 37.7 Å². The lowest BCUT2D eigenvalue weighted by molar-refractivity contribution is -0.146. The van der Waals surface area contributed by atoms with Crippen molar-refractivity contribution in [3.8, 4) is 0 Å². The van der Waals surface area contributed by atoms with Gasteiger partial charge in [-0.1, -0.05) is 49.6 Å². The van der Waals surface area contributed by atoms with Crippen molar-refractivity contribution in [3.05, 3.63) is 35.9 Å².